The number of amides is 2. The van der Waals surface area contributed by atoms with E-state index in [1.54, 1.807) is 24.1 Å². The van der Waals surface area contributed by atoms with E-state index in [9.17, 15) is 14.0 Å². The molecule has 4 aromatic heterocycles. The van der Waals surface area contributed by atoms with Crippen LogP contribution in [0.25, 0.3) is 16.8 Å². The van der Waals surface area contributed by atoms with Crippen LogP contribution in [0, 0.1) is 5.95 Å². The van der Waals surface area contributed by atoms with Gasteiger partial charge in [-0.15, -0.1) is 0 Å². The van der Waals surface area contributed by atoms with Crippen LogP contribution in [0.2, 0.25) is 0 Å². The van der Waals surface area contributed by atoms with Crippen molar-refractivity contribution in [2.75, 3.05) is 30.4 Å². The molecule has 0 saturated carbocycles. The van der Waals surface area contributed by atoms with E-state index in [0.717, 1.165) is 18.4 Å². The molecule has 12 nitrogen and oxygen atoms in total. The monoisotopic (exact) mass is 505 g/mol. The zero-order valence-corrected chi connectivity index (χ0v) is 20.0. The highest BCUT2D eigenvalue weighted by Crippen LogP contribution is 2.28. The molecule has 13 heteroatoms. The molecule has 37 heavy (non-hydrogen) atoms. The number of morpholine rings is 1. The second-order valence-electron chi connectivity index (χ2n) is 9.22. The third-order valence-corrected chi connectivity index (χ3v) is 6.74. The van der Waals surface area contributed by atoms with Gasteiger partial charge in [0.1, 0.15) is 0 Å². The minimum Gasteiger partial charge on any atom is -0.378 e. The zero-order valence-electron chi connectivity index (χ0n) is 20.0. The van der Waals surface area contributed by atoms with Crippen LogP contribution in [0.15, 0.2) is 43.2 Å². The molecular formula is C24H24FN9O3. The fourth-order valence-electron chi connectivity index (χ4n) is 4.89. The summed E-state index contributed by atoms with van der Waals surface area (Å²) < 4.78 is 23.2. The van der Waals surface area contributed by atoms with E-state index in [2.05, 4.69) is 35.7 Å². The lowest BCUT2D eigenvalue weighted by molar-refractivity contribution is -0.120. The second kappa shape index (κ2) is 9.33. The van der Waals surface area contributed by atoms with Gasteiger partial charge in [-0.25, -0.2) is 9.50 Å². The van der Waals surface area contributed by atoms with Crippen molar-refractivity contribution in [1.82, 2.24) is 34.3 Å². The number of halogens is 1. The molecule has 2 aliphatic heterocycles. The van der Waals surface area contributed by atoms with Gasteiger partial charge in [0.2, 0.25) is 11.9 Å². The first-order valence-corrected chi connectivity index (χ1v) is 11.9. The van der Waals surface area contributed by atoms with Crippen LogP contribution in [-0.2, 0) is 16.6 Å². The number of nitrogens with one attached hydrogen (secondary N) is 2. The minimum absolute atomic E-state index is 0.159. The number of ether oxygens (including phenoxy) is 1. The molecule has 2 amide bonds. The highest BCUT2D eigenvalue weighted by Gasteiger charge is 2.38. The molecule has 2 unspecified atom stereocenters. The van der Waals surface area contributed by atoms with Gasteiger partial charge in [0, 0.05) is 30.9 Å². The highest BCUT2D eigenvalue weighted by atomic mass is 19.1. The molecule has 190 valence electrons. The number of pyridine rings is 1. The number of hydrogen-bond acceptors (Lipinski definition) is 8. The fraction of sp³-hybridized carbons (Fsp3) is 0.333. The van der Waals surface area contributed by atoms with Gasteiger partial charge in [0.25, 0.3) is 5.91 Å². The highest BCUT2D eigenvalue weighted by molar-refractivity contribution is 6.09. The Balaban J connectivity index is 1.15. The number of anilines is 2. The molecule has 2 bridgehead atoms. The summed E-state index contributed by atoms with van der Waals surface area (Å²) in [6.45, 7) is 1.47. The van der Waals surface area contributed by atoms with E-state index in [1.165, 1.54) is 29.2 Å². The summed E-state index contributed by atoms with van der Waals surface area (Å²) in [5, 5.41) is 13.6. The van der Waals surface area contributed by atoms with Crippen molar-refractivity contribution >= 4 is 28.7 Å². The van der Waals surface area contributed by atoms with Crippen molar-refractivity contribution in [2.24, 2.45) is 7.05 Å². The summed E-state index contributed by atoms with van der Waals surface area (Å²) in [6, 6.07) is 1.83. The lowest BCUT2D eigenvalue weighted by atomic mass is 10.2. The van der Waals surface area contributed by atoms with Gasteiger partial charge in [0.05, 0.1) is 78.9 Å². The van der Waals surface area contributed by atoms with E-state index in [0.29, 0.717) is 24.4 Å². The molecule has 0 spiro atoms. The summed E-state index contributed by atoms with van der Waals surface area (Å²) in [5.41, 5.74) is 2.22. The van der Waals surface area contributed by atoms with Crippen LogP contribution in [-0.4, -0.2) is 77.9 Å². The molecule has 2 fully saturated rings. The van der Waals surface area contributed by atoms with Crippen LogP contribution in [0.5, 0.6) is 0 Å². The van der Waals surface area contributed by atoms with Gasteiger partial charge < -0.3 is 15.4 Å². The fourth-order valence-corrected chi connectivity index (χ4v) is 4.89. The largest absolute Gasteiger partial charge is 0.378 e. The van der Waals surface area contributed by atoms with Crippen molar-refractivity contribution in [3.63, 3.8) is 0 Å². The van der Waals surface area contributed by atoms with E-state index >= 15 is 0 Å². The number of aromatic nitrogens is 6. The SMILES string of the molecule is Cn1cc(-c2cn3ncc(C(=O)Nc4cc(NC(=O)CN5C6CCC5COC6)cnc4F)c3cn2)cn1. The average Bonchev–Trinajstić information content (AvgIpc) is 3.55. The van der Waals surface area contributed by atoms with E-state index in [1.807, 2.05) is 6.20 Å². The van der Waals surface area contributed by atoms with Crippen LogP contribution in [0.4, 0.5) is 15.8 Å². The summed E-state index contributed by atoms with van der Waals surface area (Å²) in [5.74, 6) is -1.69. The maximum absolute atomic E-state index is 14.4. The molecule has 2 saturated heterocycles. The molecule has 6 rings (SSSR count). The predicted octanol–water partition coefficient (Wildman–Crippen LogP) is 1.72. The van der Waals surface area contributed by atoms with Crippen LogP contribution < -0.4 is 10.6 Å². The lowest BCUT2D eigenvalue weighted by Crippen LogP contribution is -2.48. The topological polar surface area (TPSA) is 132 Å². The van der Waals surface area contributed by atoms with Crippen LogP contribution >= 0.6 is 0 Å². The number of hydrogen-bond donors (Lipinski definition) is 2. The predicted molar refractivity (Wildman–Crippen MR) is 130 cm³/mol. The van der Waals surface area contributed by atoms with Crippen molar-refractivity contribution < 1.29 is 18.7 Å². The molecule has 2 aliphatic rings. The van der Waals surface area contributed by atoms with Crippen molar-refractivity contribution in [2.45, 2.75) is 24.9 Å². The van der Waals surface area contributed by atoms with Crippen molar-refractivity contribution in [3.05, 3.63) is 54.8 Å². The zero-order chi connectivity index (χ0) is 25.5. The van der Waals surface area contributed by atoms with Gasteiger partial charge in [-0.3, -0.25) is 24.2 Å². The van der Waals surface area contributed by atoms with Crippen molar-refractivity contribution in [3.8, 4) is 11.3 Å². The third kappa shape index (κ3) is 4.54. The maximum Gasteiger partial charge on any atom is 0.259 e. The standard InChI is InChI=1S/C24H24FN9O3/c1-32-9-14(5-28-32)20-10-34-21(8-26-20)18(7-29-34)24(36)31-19-4-15(6-27-23(19)25)30-22(35)11-33-16-2-3-17(33)13-37-12-16/h4-10,16-17H,2-3,11-13H2,1H3,(H,30,35)(H,31,36). The van der Waals surface area contributed by atoms with Crippen LogP contribution in [0.3, 0.4) is 0 Å². The van der Waals surface area contributed by atoms with Gasteiger partial charge in [-0.2, -0.15) is 14.6 Å². The summed E-state index contributed by atoms with van der Waals surface area (Å²) in [4.78, 5) is 35.9. The Kier molecular flexibility index (Phi) is 5.85. The Labute approximate surface area is 210 Å². The summed E-state index contributed by atoms with van der Waals surface area (Å²) in [7, 11) is 1.81. The normalized spacial score (nSPS) is 19.3. The van der Waals surface area contributed by atoms with E-state index in [4.69, 9.17) is 4.74 Å². The second-order valence-corrected chi connectivity index (χ2v) is 9.22. The number of aryl methyl sites for hydroxylation is 1. The number of nitrogens with zero attached hydrogens (tertiary/aromatic N) is 7. The van der Waals surface area contributed by atoms with Gasteiger partial charge in [-0.1, -0.05) is 0 Å². The summed E-state index contributed by atoms with van der Waals surface area (Å²) >= 11 is 0. The Bertz CT molecular complexity index is 1480. The first-order chi connectivity index (χ1) is 17.9. The Morgan fingerprint density at radius 1 is 1.05 bits per heavy atom. The molecule has 2 N–H and O–H groups in total. The molecule has 0 aromatic carbocycles. The number of fused-ring (bicyclic) bond motifs is 3. The molecule has 0 radical (unpaired) electrons. The Morgan fingerprint density at radius 3 is 2.62 bits per heavy atom. The maximum atomic E-state index is 14.4. The van der Waals surface area contributed by atoms with Gasteiger partial charge in [-0.05, 0) is 18.9 Å². The average molecular weight is 506 g/mol. The number of carbonyl (C=O) groups is 2. The van der Waals surface area contributed by atoms with Crippen LogP contribution in [0.1, 0.15) is 23.2 Å². The number of carbonyl (C=O) groups excluding carboxylic acids is 2. The summed E-state index contributed by atoms with van der Waals surface area (Å²) in [6.07, 6.45) is 11.3. The van der Waals surface area contributed by atoms with Crippen molar-refractivity contribution in [1.29, 1.82) is 0 Å². The minimum atomic E-state index is -0.869. The third-order valence-electron chi connectivity index (χ3n) is 6.74. The Morgan fingerprint density at radius 2 is 1.86 bits per heavy atom. The van der Waals surface area contributed by atoms with Gasteiger partial charge in [0.15, 0.2) is 0 Å². The van der Waals surface area contributed by atoms with E-state index < -0.39 is 11.9 Å². The Hall–Kier alpha value is -4.23. The first-order valence-electron chi connectivity index (χ1n) is 11.9. The van der Waals surface area contributed by atoms with E-state index in [-0.39, 0.29) is 41.5 Å². The molecule has 6 heterocycles. The molecule has 2 atom stereocenters. The molecular weight excluding hydrogens is 481 g/mol. The first kappa shape index (κ1) is 23.2. The molecule has 4 aromatic rings. The van der Waals surface area contributed by atoms with Gasteiger partial charge >= 0.3 is 0 Å². The molecule has 0 aliphatic carbocycles. The quantitative estimate of drug-likeness (QED) is 0.379. The number of rotatable bonds is 6. The lowest BCUT2D eigenvalue weighted by Gasteiger charge is -2.33. The smallest absolute Gasteiger partial charge is 0.259 e.